The van der Waals surface area contributed by atoms with E-state index in [1.54, 1.807) is 20.8 Å². The number of ether oxygens (including phenoxy) is 1. The fourth-order valence-corrected chi connectivity index (χ4v) is 3.00. The lowest BCUT2D eigenvalue weighted by Crippen LogP contribution is -2.33. The van der Waals surface area contributed by atoms with Gasteiger partial charge in [0.2, 0.25) is 5.71 Å². The Hall–Kier alpha value is -2.11. The first-order chi connectivity index (χ1) is 14.4. The number of halogens is 1. The molecule has 0 aliphatic heterocycles. The van der Waals surface area contributed by atoms with Crippen LogP contribution in [0.25, 0.3) is 0 Å². The van der Waals surface area contributed by atoms with Gasteiger partial charge in [0.1, 0.15) is 22.2 Å². The molecule has 178 valence electrons. The normalized spacial score (nSPS) is 11.5. The summed E-state index contributed by atoms with van der Waals surface area (Å²) in [7, 11) is 0. The molecule has 0 saturated carbocycles. The number of nitrogens with zero attached hydrogens (tertiary/aromatic N) is 3. The van der Waals surface area contributed by atoms with Gasteiger partial charge >= 0.3 is 12.1 Å². The summed E-state index contributed by atoms with van der Waals surface area (Å²) in [5, 5.41) is 15.3. The van der Waals surface area contributed by atoms with Gasteiger partial charge in [0, 0.05) is 13.0 Å². The quantitative estimate of drug-likeness (QED) is 0.263. The Labute approximate surface area is 192 Å². The summed E-state index contributed by atoms with van der Waals surface area (Å²) in [5.74, 6) is -1.34. The minimum atomic E-state index is -1.34. The van der Waals surface area contributed by atoms with Gasteiger partial charge in [-0.2, -0.15) is 0 Å². The Morgan fingerprint density at radius 1 is 1.26 bits per heavy atom. The summed E-state index contributed by atoms with van der Waals surface area (Å²) in [4.78, 5) is 33.7. The predicted molar refractivity (Wildman–Crippen MR) is 124 cm³/mol. The van der Waals surface area contributed by atoms with Crippen LogP contribution >= 0.6 is 22.9 Å². The third-order valence-electron chi connectivity index (χ3n) is 3.61. The zero-order valence-electron chi connectivity index (χ0n) is 19.0. The summed E-state index contributed by atoms with van der Waals surface area (Å²) >= 11 is 6.79. The van der Waals surface area contributed by atoms with Crippen molar-refractivity contribution in [3.8, 4) is 0 Å². The van der Waals surface area contributed by atoms with Crippen LogP contribution in [0, 0.1) is 0 Å². The fraction of sp³-hybridized carbons (Fsp3) is 0.684. The molecule has 1 aromatic rings. The third-order valence-corrected chi connectivity index (χ3v) is 4.69. The van der Waals surface area contributed by atoms with Crippen LogP contribution in [0.3, 0.4) is 0 Å². The molecule has 0 unspecified atom stereocenters. The highest BCUT2D eigenvalue weighted by molar-refractivity contribution is 7.19. The first kappa shape index (κ1) is 28.9. The van der Waals surface area contributed by atoms with Gasteiger partial charge in [0.25, 0.3) is 0 Å². The molecule has 1 aromatic heterocycles. The number of nitrogens with one attached hydrogen (secondary N) is 1. The predicted octanol–water partition coefficient (Wildman–Crippen LogP) is 3.45. The second-order valence-corrected chi connectivity index (χ2v) is 8.79. The number of alkyl carbamates (subject to hydrolysis) is 1. The molecule has 0 fully saturated rings. The highest BCUT2D eigenvalue weighted by Gasteiger charge is 2.21. The molecule has 0 bridgehead atoms. The Morgan fingerprint density at radius 2 is 1.84 bits per heavy atom. The molecule has 0 atom stereocenters. The largest absolute Gasteiger partial charge is 0.476 e. The minimum absolute atomic E-state index is 0.0430. The van der Waals surface area contributed by atoms with Gasteiger partial charge in [-0.15, -0.1) is 0 Å². The summed E-state index contributed by atoms with van der Waals surface area (Å²) in [6, 6.07) is 0. The molecule has 0 radical (unpaired) electrons. The van der Waals surface area contributed by atoms with E-state index < -0.39 is 23.4 Å². The second kappa shape index (κ2) is 14.8. The van der Waals surface area contributed by atoms with E-state index in [-0.39, 0.29) is 28.3 Å². The Balaban J connectivity index is 0.00000110. The van der Waals surface area contributed by atoms with Gasteiger partial charge in [-0.25, -0.2) is 14.6 Å². The number of nitrogens with two attached hydrogens (primary N) is 1. The van der Waals surface area contributed by atoms with E-state index in [1.807, 2.05) is 0 Å². The Kier molecular flexibility index (Phi) is 13.8. The number of carbonyl (C=O) groups is 2. The molecule has 1 rings (SSSR count). The molecule has 12 heteroatoms. The topological polar surface area (TPSA) is 139 Å². The molecule has 31 heavy (non-hydrogen) atoms. The summed E-state index contributed by atoms with van der Waals surface area (Å²) in [6.45, 7) is 15.8. The number of hydrogen-bond acceptors (Lipinski definition) is 9. The Morgan fingerprint density at radius 3 is 2.23 bits per heavy atom. The first-order valence-electron chi connectivity index (χ1n) is 9.99. The smallest absolute Gasteiger partial charge is 0.407 e. The lowest BCUT2D eigenvalue weighted by molar-refractivity contribution is -0.129. The lowest BCUT2D eigenvalue weighted by atomic mass is 10.2. The number of carboxylic acids is 1. The molecule has 1 heterocycles. The maximum atomic E-state index is 11.4. The summed E-state index contributed by atoms with van der Waals surface area (Å²) in [6.07, 6.45) is -0.135. The van der Waals surface area contributed by atoms with Crippen molar-refractivity contribution in [3.63, 3.8) is 0 Å². The Bertz CT molecular complexity index is 712. The number of thiazole rings is 1. The van der Waals surface area contributed by atoms with Crippen LogP contribution in [0.4, 0.5) is 9.93 Å². The van der Waals surface area contributed by atoms with Crippen LogP contribution in [-0.4, -0.2) is 71.2 Å². The van der Waals surface area contributed by atoms with Crippen LogP contribution in [-0.2, 0) is 14.4 Å². The zero-order valence-corrected chi connectivity index (χ0v) is 20.6. The number of aliphatic carboxylic acids is 1. The van der Waals surface area contributed by atoms with Gasteiger partial charge in [-0.05, 0) is 40.4 Å². The molecular weight excluding hydrogens is 446 g/mol. The van der Waals surface area contributed by atoms with Crippen LogP contribution in [0.15, 0.2) is 5.16 Å². The molecule has 0 aliphatic carbocycles. The fourth-order valence-electron chi connectivity index (χ4n) is 2.07. The maximum Gasteiger partial charge on any atom is 0.407 e. The number of amides is 1. The lowest BCUT2D eigenvalue weighted by Gasteiger charge is -2.19. The SMILES string of the molecule is CC(C)(C)OC(=O)NCCCO/N=C(\C(=O)O)c1nc(N)sc1Cl.CCN(CC)CC. The molecule has 0 aromatic carbocycles. The molecule has 4 N–H and O–H groups in total. The average molecular weight is 480 g/mol. The van der Waals surface area contributed by atoms with Crippen molar-refractivity contribution in [1.29, 1.82) is 0 Å². The van der Waals surface area contributed by atoms with Crippen molar-refractivity contribution >= 4 is 45.8 Å². The number of hydrogen-bond donors (Lipinski definition) is 3. The number of carboxylic acid groups (broad SMARTS) is 1. The second-order valence-electron chi connectivity index (χ2n) is 7.15. The molecule has 0 aliphatic rings. The molecule has 0 spiro atoms. The van der Waals surface area contributed by atoms with Gasteiger partial charge in [0.05, 0.1) is 0 Å². The molecule has 0 saturated heterocycles. The number of rotatable bonds is 10. The van der Waals surface area contributed by atoms with E-state index >= 15 is 0 Å². The standard InChI is InChI=1S/C13H19ClN4O5S.C6H15N/c1-13(2,3)23-12(21)16-5-4-6-22-18-8(10(19)20)7-9(14)24-11(15)17-7;1-4-7(5-2)6-3/h4-6H2,1-3H3,(H2,15,17)(H,16,21)(H,19,20);4-6H2,1-3H3/b18-8-;. The number of oxime groups is 1. The van der Waals surface area contributed by atoms with Crippen LogP contribution in [0.5, 0.6) is 0 Å². The monoisotopic (exact) mass is 479 g/mol. The van der Waals surface area contributed by atoms with Gasteiger partial charge < -0.3 is 30.6 Å². The van der Waals surface area contributed by atoms with E-state index in [1.165, 1.54) is 19.6 Å². The maximum absolute atomic E-state index is 11.4. The van der Waals surface area contributed by atoms with Crippen LogP contribution in [0.1, 0.15) is 53.7 Å². The van der Waals surface area contributed by atoms with Gasteiger partial charge in [0.15, 0.2) is 5.13 Å². The summed E-state index contributed by atoms with van der Waals surface area (Å²) in [5.41, 5.74) is 4.41. The van der Waals surface area contributed by atoms with E-state index in [4.69, 9.17) is 32.0 Å². The van der Waals surface area contributed by atoms with E-state index in [2.05, 4.69) is 41.1 Å². The first-order valence-corrected chi connectivity index (χ1v) is 11.2. The van der Waals surface area contributed by atoms with E-state index in [9.17, 15) is 9.59 Å². The number of nitrogen functional groups attached to an aromatic ring is 1. The minimum Gasteiger partial charge on any atom is -0.476 e. The van der Waals surface area contributed by atoms with Gasteiger partial charge in [-0.3, -0.25) is 0 Å². The van der Waals surface area contributed by atoms with Crippen molar-refractivity contribution in [2.75, 3.05) is 38.5 Å². The molecule has 10 nitrogen and oxygen atoms in total. The summed E-state index contributed by atoms with van der Waals surface area (Å²) < 4.78 is 5.17. The number of anilines is 1. The van der Waals surface area contributed by atoms with Crippen LogP contribution in [0.2, 0.25) is 4.34 Å². The molecule has 1 amide bonds. The number of carbonyl (C=O) groups excluding carboxylic acids is 1. The van der Waals surface area contributed by atoms with Crippen LogP contribution < -0.4 is 11.1 Å². The van der Waals surface area contributed by atoms with Crippen molar-refractivity contribution in [2.45, 2.75) is 53.6 Å². The highest BCUT2D eigenvalue weighted by atomic mass is 35.5. The van der Waals surface area contributed by atoms with E-state index in [0.29, 0.717) is 6.42 Å². The van der Waals surface area contributed by atoms with Crippen molar-refractivity contribution < 1.29 is 24.3 Å². The van der Waals surface area contributed by atoms with Crippen molar-refractivity contribution in [1.82, 2.24) is 15.2 Å². The zero-order chi connectivity index (χ0) is 24.0. The number of aromatic nitrogens is 1. The van der Waals surface area contributed by atoms with Crippen molar-refractivity contribution in [3.05, 3.63) is 10.0 Å². The average Bonchev–Trinajstić information content (AvgIpc) is 2.99. The third kappa shape index (κ3) is 13.0. The highest BCUT2D eigenvalue weighted by Crippen LogP contribution is 2.26. The van der Waals surface area contributed by atoms with E-state index in [0.717, 1.165) is 11.3 Å². The van der Waals surface area contributed by atoms with Gasteiger partial charge in [-0.1, -0.05) is 48.9 Å². The van der Waals surface area contributed by atoms with Crippen molar-refractivity contribution in [2.24, 2.45) is 5.16 Å². The molecular formula is C19H34ClN5O5S.